The van der Waals surface area contributed by atoms with Gasteiger partial charge in [-0.3, -0.25) is 4.79 Å². The molecule has 0 spiro atoms. The first-order valence-electron chi connectivity index (χ1n) is 7.19. The molecule has 3 nitrogen and oxygen atoms in total. The van der Waals surface area contributed by atoms with E-state index >= 15 is 0 Å². The van der Waals surface area contributed by atoms with Gasteiger partial charge in [0.25, 0.3) is 0 Å². The van der Waals surface area contributed by atoms with Crippen LogP contribution in [0, 0.1) is 29.6 Å². The van der Waals surface area contributed by atoms with Crippen LogP contribution in [0.2, 0.25) is 0 Å². The smallest absolute Gasteiger partial charge is 0.310 e. The van der Waals surface area contributed by atoms with E-state index in [0.717, 1.165) is 5.76 Å². The fraction of sp³-hybridized carbons (Fsp3) is 0.500. The van der Waals surface area contributed by atoms with Crippen LogP contribution in [0.1, 0.15) is 39.2 Å². The van der Waals surface area contributed by atoms with Crippen molar-refractivity contribution in [1.29, 1.82) is 0 Å². The fourth-order valence-corrected chi connectivity index (χ4v) is 2.73. The van der Waals surface area contributed by atoms with Gasteiger partial charge < -0.3 is 9.15 Å². The number of hydrogen-bond acceptors (Lipinski definition) is 3. The Morgan fingerprint density at radius 2 is 2.10 bits per heavy atom. The van der Waals surface area contributed by atoms with Crippen molar-refractivity contribution in [2.24, 2.45) is 17.3 Å². The maximum atomic E-state index is 12.2. The Labute approximate surface area is 126 Å². The molecule has 1 aliphatic rings. The third-order valence-corrected chi connectivity index (χ3v) is 4.03. The van der Waals surface area contributed by atoms with Crippen molar-refractivity contribution in [3.8, 4) is 12.3 Å². The molecule has 0 radical (unpaired) electrons. The molecule has 0 aromatic carbocycles. The predicted molar refractivity (Wildman–Crippen MR) is 81.2 cm³/mol. The van der Waals surface area contributed by atoms with E-state index in [1.807, 2.05) is 19.9 Å². The average Bonchev–Trinajstić information content (AvgIpc) is 2.75. The van der Waals surface area contributed by atoms with E-state index in [-0.39, 0.29) is 29.8 Å². The summed E-state index contributed by atoms with van der Waals surface area (Å²) in [6.07, 6.45) is 7.83. The topological polar surface area (TPSA) is 39.4 Å². The summed E-state index contributed by atoms with van der Waals surface area (Å²) >= 11 is 0. The van der Waals surface area contributed by atoms with Gasteiger partial charge in [-0.05, 0) is 37.3 Å². The van der Waals surface area contributed by atoms with Crippen molar-refractivity contribution >= 4 is 5.97 Å². The molecular formula is C18H22O3. The number of hydrogen-bond donors (Lipinski definition) is 0. The minimum absolute atomic E-state index is 0.0217. The summed E-state index contributed by atoms with van der Waals surface area (Å²) in [5.74, 6) is 3.92. The molecular weight excluding hydrogens is 264 g/mol. The van der Waals surface area contributed by atoms with Crippen molar-refractivity contribution in [2.75, 3.05) is 0 Å². The van der Waals surface area contributed by atoms with Gasteiger partial charge in [0.05, 0.1) is 12.3 Å². The van der Waals surface area contributed by atoms with E-state index in [9.17, 15) is 4.79 Å². The lowest BCUT2D eigenvalue weighted by Gasteiger charge is -2.03. The molecule has 2 atom stereocenters. The van der Waals surface area contributed by atoms with Crippen molar-refractivity contribution in [3.63, 3.8) is 0 Å². The number of carbonyl (C=O) groups is 1. The SMILES string of the molecule is C#CCc1ccc(COC(=O)[C@H]2[C@H](C=C(C)C)C2(C)C)o1. The standard InChI is InChI=1S/C18H22O3/c1-6-7-13-8-9-14(21-13)11-20-17(19)16-15(10-12(2)3)18(16,4)5/h1,8-10,15-16H,7,11H2,2-5H3/t15-,16+/m0/s1. The summed E-state index contributed by atoms with van der Waals surface area (Å²) in [6.45, 7) is 8.46. The monoisotopic (exact) mass is 286 g/mol. The Bertz CT molecular complexity index is 594. The van der Waals surface area contributed by atoms with Crippen LogP contribution in [0.15, 0.2) is 28.2 Å². The number of esters is 1. The van der Waals surface area contributed by atoms with E-state index in [4.69, 9.17) is 15.6 Å². The molecule has 1 aromatic heterocycles. The zero-order valence-electron chi connectivity index (χ0n) is 13.1. The zero-order chi connectivity index (χ0) is 15.6. The van der Waals surface area contributed by atoms with Crippen LogP contribution in [0.25, 0.3) is 0 Å². The first kappa shape index (κ1) is 15.4. The first-order valence-corrected chi connectivity index (χ1v) is 7.19. The third kappa shape index (κ3) is 3.39. The van der Waals surface area contributed by atoms with Gasteiger partial charge in [-0.25, -0.2) is 0 Å². The minimum atomic E-state index is -0.155. The highest BCUT2D eigenvalue weighted by Gasteiger charge is 2.61. The van der Waals surface area contributed by atoms with E-state index in [1.165, 1.54) is 5.57 Å². The molecule has 2 rings (SSSR count). The van der Waals surface area contributed by atoms with Crippen molar-refractivity contribution in [3.05, 3.63) is 35.3 Å². The molecule has 0 N–H and O–H groups in total. The van der Waals surface area contributed by atoms with Crippen LogP contribution in [0.3, 0.4) is 0 Å². The molecule has 3 heteroatoms. The molecule has 21 heavy (non-hydrogen) atoms. The van der Waals surface area contributed by atoms with Gasteiger partial charge in [0, 0.05) is 0 Å². The molecule has 0 unspecified atom stereocenters. The molecule has 0 amide bonds. The molecule has 1 aromatic rings. The second kappa shape index (κ2) is 5.81. The summed E-state index contributed by atoms with van der Waals surface area (Å²) in [5, 5.41) is 0. The van der Waals surface area contributed by atoms with Crippen LogP contribution in [-0.2, 0) is 22.6 Å². The van der Waals surface area contributed by atoms with Gasteiger partial charge in [-0.15, -0.1) is 6.42 Å². The molecule has 1 heterocycles. The molecule has 0 aliphatic heterocycles. The highest BCUT2D eigenvalue weighted by Crippen LogP contribution is 2.59. The van der Waals surface area contributed by atoms with Gasteiger partial charge in [-0.2, -0.15) is 0 Å². The highest BCUT2D eigenvalue weighted by molar-refractivity contribution is 5.78. The zero-order valence-corrected chi connectivity index (χ0v) is 13.1. The van der Waals surface area contributed by atoms with Crippen LogP contribution in [0.5, 0.6) is 0 Å². The van der Waals surface area contributed by atoms with Crippen molar-refractivity contribution < 1.29 is 13.9 Å². The lowest BCUT2D eigenvalue weighted by Crippen LogP contribution is -2.10. The van der Waals surface area contributed by atoms with Crippen LogP contribution >= 0.6 is 0 Å². The summed E-state index contributed by atoms with van der Waals surface area (Å²) in [4.78, 5) is 12.2. The van der Waals surface area contributed by atoms with Gasteiger partial charge in [0.15, 0.2) is 0 Å². The van der Waals surface area contributed by atoms with Crippen LogP contribution in [-0.4, -0.2) is 5.97 Å². The maximum Gasteiger partial charge on any atom is 0.310 e. The number of ether oxygens (including phenoxy) is 1. The Balaban J connectivity index is 1.91. The van der Waals surface area contributed by atoms with Crippen LogP contribution in [0.4, 0.5) is 0 Å². The Morgan fingerprint density at radius 3 is 2.71 bits per heavy atom. The van der Waals surface area contributed by atoms with E-state index in [2.05, 4.69) is 25.8 Å². The Kier molecular flexibility index (Phi) is 4.27. The van der Waals surface area contributed by atoms with Crippen molar-refractivity contribution in [1.82, 2.24) is 0 Å². The Hall–Kier alpha value is -1.95. The van der Waals surface area contributed by atoms with E-state index < -0.39 is 0 Å². The largest absolute Gasteiger partial charge is 0.461 e. The summed E-state index contributed by atoms with van der Waals surface area (Å²) in [6, 6.07) is 3.61. The lowest BCUT2D eigenvalue weighted by atomic mass is 10.1. The summed E-state index contributed by atoms with van der Waals surface area (Å²) in [5.41, 5.74) is 1.21. The van der Waals surface area contributed by atoms with Crippen molar-refractivity contribution in [2.45, 2.75) is 40.7 Å². The second-order valence-electron chi connectivity index (χ2n) is 6.43. The lowest BCUT2D eigenvalue weighted by molar-refractivity contribution is -0.148. The van der Waals surface area contributed by atoms with Gasteiger partial charge in [0.2, 0.25) is 0 Å². The molecule has 1 fully saturated rings. The normalized spacial score (nSPS) is 22.2. The third-order valence-electron chi connectivity index (χ3n) is 4.03. The van der Waals surface area contributed by atoms with E-state index in [1.54, 1.807) is 6.07 Å². The molecule has 0 bridgehead atoms. The number of terminal acetylenes is 1. The second-order valence-corrected chi connectivity index (χ2v) is 6.43. The minimum Gasteiger partial charge on any atom is -0.461 e. The van der Waals surface area contributed by atoms with Gasteiger partial charge in [-0.1, -0.05) is 31.4 Å². The maximum absolute atomic E-state index is 12.2. The quantitative estimate of drug-likeness (QED) is 0.470. The van der Waals surface area contributed by atoms with Crippen LogP contribution < -0.4 is 0 Å². The number of carbonyl (C=O) groups excluding carboxylic acids is 1. The molecule has 1 aliphatic carbocycles. The molecule has 112 valence electrons. The highest BCUT2D eigenvalue weighted by atomic mass is 16.5. The van der Waals surface area contributed by atoms with Gasteiger partial charge >= 0.3 is 5.97 Å². The first-order chi connectivity index (χ1) is 9.86. The fourth-order valence-electron chi connectivity index (χ4n) is 2.73. The number of furan rings is 1. The molecule has 0 saturated heterocycles. The molecule has 1 saturated carbocycles. The average molecular weight is 286 g/mol. The summed E-state index contributed by atoms with van der Waals surface area (Å²) < 4.78 is 10.9. The predicted octanol–water partition coefficient (Wildman–Crippen LogP) is 3.74. The summed E-state index contributed by atoms with van der Waals surface area (Å²) in [7, 11) is 0. The van der Waals surface area contributed by atoms with E-state index in [0.29, 0.717) is 12.2 Å². The Morgan fingerprint density at radius 1 is 1.43 bits per heavy atom. The number of rotatable bonds is 5. The number of allylic oxidation sites excluding steroid dienone is 2. The van der Waals surface area contributed by atoms with Gasteiger partial charge in [0.1, 0.15) is 18.1 Å².